The van der Waals surface area contributed by atoms with Crippen molar-refractivity contribution in [2.24, 2.45) is 0 Å². The van der Waals surface area contributed by atoms with Gasteiger partial charge in [-0.15, -0.1) is 0 Å². The largest absolute Gasteiger partial charge is 0.379 e. The van der Waals surface area contributed by atoms with Crippen molar-refractivity contribution in [3.63, 3.8) is 0 Å². The lowest BCUT2D eigenvalue weighted by Gasteiger charge is -2.27. The normalized spacial score (nSPS) is 15.9. The van der Waals surface area contributed by atoms with Crippen LogP contribution in [0.1, 0.15) is 18.3 Å². The number of morpholine rings is 1. The number of carbonyl (C=O) groups excluding carboxylic acids is 1. The van der Waals surface area contributed by atoms with E-state index in [2.05, 4.69) is 15.3 Å². The Morgan fingerprint density at radius 2 is 1.94 bits per heavy atom. The number of aryl methyl sites for hydroxylation is 1. The van der Waals surface area contributed by atoms with Gasteiger partial charge in [0.2, 0.25) is 15.9 Å². The van der Waals surface area contributed by atoms with Crippen LogP contribution in [-0.4, -0.2) is 72.9 Å². The number of nitrogens with zero attached hydrogens (tertiary/aromatic N) is 3. The highest BCUT2D eigenvalue weighted by Crippen LogP contribution is 2.24. The minimum Gasteiger partial charge on any atom is -0.379 e. The molecule has 4 rings (SSSR count). The number of para-hydroxylation sites is 1. The Balaban J connectivity index is 1.47. The molecule has 0 bridgehead atoms. The van der Waals surface area contributed by atoms with Crippen molar-refractivity contribution in [3.05, 3.63) is 64.2 Å². The molecule has 0 aliphatic carbocycles. The number of carbonyl (C=O) groups is 1. The zero-order chi connectivity index (χ0) is 25.2. The van der Waals surface area contributed by atoms with Gasteiger partial charge in [-0.25, -0.2) is 13.4 Å². The summed E-state index contributed by atoms with van der Waals surface area (Å²) in [5.74, 6) is 0.138. The Morgan fingerprint density at radius 1 is 1.23 bits per heavy atom. The number of nitrogens with one attached hydrogen (secondary N) is 2. The highest BCUT2D eigenvalue weighted by Gasteiger charge is 2.28. The van der Waals surface area contributed by atoms with Crippen LogP contribution in [0.3, 0.4) is 0 Å². The Morgan fingerprint density at radius 3 is 2.69 bits per heavy atom. The van der Waals surface area contributed by atoms with Crippen LogP contribution in [0.4, 0.5) is 5.69 Å². The average molecular weight is 500 g/mol. The maximum atomic E-state index is 13.1. The smallest absolute Gasteiger partial charge is 0.258 e. The summed E-state index contributed by atoms with van der Waals surface area (Å²) in [6.07, 6.45) is 0. The number of aromatic nitrogens is 2. The zero-order valence-electron chi connectivity index (χ0n) is 19.9. The number of H-pyrrole nitrogens is 1. The maximum absolute atomic E-state index is 13.1. The molecular weight excluding hydrogens is 470 g/mol. The van der Waals surface area contributed by atoms with Crippen LogP contribution in [0.2, 0.25) is 0 Å². The summed E-state index contributed by atoms with van der Waals surface area (Å²) >= 11 is 0. The number of hydrogen-bond donors (Lipinski definition) is 2. The van der Waals surface area contributed by atoms with Crippen molar-refractivity contribution in [2.75, 3.05) is 38.7 Å². The number of likely N-dealkylation sites (N-methyl/N-ethyl adjacent to an activating group) is 1. The summed E-state index contributed by atoms with van der Waals surface area (Å²) in [4.78, 5) is 34.4. The van der Waals surface area contributed by atoms with E-state index in [9.17, 15) is 18.0 Å². The van der Waals surface area contributed by atoms with Gasteiger partial charge in [0.25, 0.3) is 5.56 Å². The number of ether oxygens (including phenoxy) is 1. The molecule has 3 aromatic rings. The van der Waals surface area contributed by atoms with Gasteiger partial charge in [-0.2, -0.15) is 4.31 Å². The van der Waals surface area contributed by atoms with E-state index in [1.807, 2.05) is 6.07 Å². The first-order valence-electron chi connectivity index (χ1n) is 11.3. The molecular formula is C24H29N5O5S. The van der Waals surface area contributed by atoms with Crippen LogP contribution in [0.5, 0.6) is 0 Å². The molecule has 1 amide bonds. The topological polar surface area (TPSA) is 125 Å². The van der Waals surface area contributed by atoms with Gasteiger partial charge in [0.15, 0.2) is 0 Å². The van der Waals surface area contributed by atoms with Crippen molar-refractivity contribution in [2.45, 2.75) is 31.3 Å². The molecule has 0 spiro atoms. The molecule has 2 N–H and O–H groups in total. The molecule has 186 valence electrons. The highest BCUT2D eigenvalue weighted by molar-refractivity contribution is 7.89. The summed E-state index contributed by atoms with van der Waals surface area (Å²) < 4.78 is 32.9. The summed E-state index contributed by atoms with van der Waals surface area (Å²) in [6, 6.07) is 11.3. The standard InChI is InChI=1S/C24H29N5O5S/c1-16-8-9-18(14-21(16)35(32,33)29-10-12-34-13-11-29)25-23(30)17(2)28(3)15-22-26-20-7-5-4-6-19(20)24(31)27-22/h4-9,14,17H,10-13,15H2,1-3H3,(H,25,30)(H,26,27,31). The maximum Gasteiger partial charge on any atom is 0.258 e. The van der Waals surface area contributed by atoms with Crippen LogP contribution >= 0.6 is 0 Å². The minimum absolute atomic E-state index is 0.163. The predicted octanol–water partition coefficient (Wildman–Crippen LogP) is 1.71. The van der Waals surface area contributed by atoms with Crippen LogP contribution in [0.15, 0.2) is 52.2 Å². The Bertz CT molecular complexity index is 1400. The molecule has 2 aromatic carbocycles. The first-order valence-corrected chi connectivity index (χ1v) is 12.8. The molecule has 2 heterocycles. The molecule has 1 fully saturated rings. The molecule has 1 aromatic heterocycles. The second kappa shape index (κ2) is 10.2. The summed E-state index contributed by atoms with van der Waals surface area (Å²) in [5, 5.41) is 3.32. The van der Waals surface area contributed by atoms with Gasteiger partial charge in [-0.3, -0.25) is 14.5 Å². The van der Waals surface area contributed by atoms with Gasteiger partial charge < -0.3 is 15.0 Å². The SMILES string of the molecule is Cc1ccc(NC(=O)C(C)N(C)Cc2nc3ccccc3c(=O)[nH]2)cc1S(=O)(=O)N1CCOCC1. The first kappa shape index (κ1) is 25.0. The quantitative estimate of drug-likeness (QED) is 0.507. The number of amides is 1. The molecule has 35 heavy (non-hydrogen) atoms. The van der Waals surface area contributed by atoms with Gasteiger partial charge in [-0.05, 0) is 50.7 Å². The van der Waals surface area contributed by atoms with E-state index in [0.717, 1.165) is 0 Å². The molecule has 0 radical (unpaired) electrons. The van der Waals surface area contributed by atoms with Gasteiger partial charge >= 0.3 is 0 Å². The lowest BCUT2D eigenvalue weighted by Crippen LogP contribution is -2.41. The lowest BCUT2D eigenvalue weighted by molar-refractivity contribution is -0.120. The third-order valence-corrected chi connectivity index (χ3v) is 8.19. The fraction of sp³-hybridized carbons (Fsp3) is 0.375. The van der Waals surface area contributed by atoms with Crippen molar-refractivity contribution in [1.29, 1.82) is 0 Å². The number of rotatable bonds is 7. The molecule has 1 aliphatic rings. The number of anilines is 1. The highest BCUT2D eigenvalue weighted by atomic mass is 32.2. The second-order valence-electron chi connectivity index (χ2n) is 8.61. The second-order valence-corrected chi connectivity index (χ2v) is 10.5. The molecule has 11 heteroatoms. The van der Waals surface area contributed by atoms with Crippen molar-refractivity contribution in [1.82, 2.24) is 19.2 Å². The molecule has 1 saturated heterocycles. The molecule has 1 atom stereocenters. The Labute approximate surface area is 204 Å². The number of hydrogen-bond acceptors (Lipinski definition) is 7. The van der Waals surface area contributed by atoms with E-state index in [4.69, 9.17) is 4.74 Å². The van der Waals surface area contributed by atoms with Gasteiger partial charge in [0.05, 0.1) is 41.6 Å². The zero-order valence-corrected chi connectivity index (χ0v) is 20.8. The number of sulfonamides is 1. The monoisotopic (exact) mass is 499 g/mol. The summed E-state index contributed by atoms with van der Waals surface area (Å²) in [6.45, 7) is 5.02. The Kier molecular flexibility index (Phi) is 7.31. The fourth-order valence-electron chi connectivity index (χ4n) is 3.91. The Hall–Kier alpha value is -3.12. The van der Waals surface area contributed by atoms with Crippen LogP contribution in [-0.2, 0) is 26.1 Å². The van der Waals surface area contributed by atoms with Gasteiger partial charge in [0.1, 0.15) is 5.82 Å². The molecule has 1 aliphatic heterocycles. The van der Waals surface area contributed by atoms with E-state index in [1.165, 1.54) is 10.4 Å². The number of aromatic amines is 1. The lowest BCUT2D eigenvalue weighted by atomic mass is 10.2. The van der Waals surface area contributed by atoms with E-state index < -0.39 is 16.1 Å². The van der Waals surface area contributed by atoms with E-state index in [1.54, 1.807) is 56.1 Å². The third kappa shape index (κ3) is 5.43. The van der Waals surface area contributed by atoms with Gasteiger partial charge in [0, 0.05) is 18.8 Å². The van der Waals surface area contributed by atoms with Crippen molar-refractivity contribution in [3.8, 4) is 0 Å². The molecule has 10 nitrogen and oxygen atoms in total. The van der Waals surface area contributed by atoms with Crippen LogP contribution < -0.4 is 10.9 Å². The van der Waals surface area contributed by atoms with E-state index >= 15 is 0 Å². The number of fused-ring (bicyclic) bond motifs is 1. The van der Waals surface area contributed by atoms with Crippen molar-refractivity contribution >= 4 is 32.5 Å². The first-order chi connectivity index (χ1) is 16.7. The summed E-state index contributed by atoms with van der Waals surface area (Å²) in [7, 11) is -1.95. The van der Waals surface area contributed by atoms with E-state index in [-0.39, 0.29) is 22.9 Å². The van der Waals surface area contributed by atoms with E-state index in [0.29, 0.717) is 54.3 Å². The van der Waals surface area contributed by atoms with Gasteiger partial charge in [-0.1, -0.05) is 18.2 Å². The average Bonchev–Trinajstić information content (AvgIpc) is 2.85. The third-order valence-electron chi connectivity index (χ3n) is 6.15. The fourth-order valence-corrected chi connectivity index (χ4v) is 5.57. The van der Waals surface area contributed by atoms with Crippen LogP contribution in [0.25, 0.3) is 10.9 Å². The predicted molar refractivity (Wildman–Crippen MR) is 133 cm³/mol. The minimum atomic E-state index is -3.70. The van der Waals surface area contributed by atoms with Crippen molar-refractivity contribution < 1.29 is 17.9 Å². The molecule has 0 saturated carbocycles. The molecule has 1 unspecified atom stereocenters. The summed E-state index contributed by atoms with van der Waals surface area (Å²) in [5.41, 5.74) is 1.35. The van der Waals surface area contributed by atoms with Crippen LogP contribution in [0, 0.1) is 6.92 Å². The number of benzene rings is 2.